The van der Waals surface area contributed by atoms with E-state index in [0.29, 0.717) is 23.4 Å². The Morgan fingerprint density at radius 1 is 0.968 bits per heavy atom. The summed E-state index contributed by atoms with van der Waals surface area (Å²) in [6.45, 7) is 2.64. The third-order valence-corrected chi connectivity index (χ3v) is 6.14. The Hall–Kier alpha value is -3.19. The lowest BCUT2D eigenvalue weighted by molar-refractivity contribution is 0.0951. The third kappa shape index (κ3) is 6.15. The van der Waals surface area contributed by atoms with E-state index in [4.69, 9.17) is 0 Å². The molecule has 3 rings (SSSR count). The number of amides is 1. The molecule has 0 saturated heterocycles. The molecular formula is C24H25FN2O3S. The van der Waals surface area contributed by atoms with Gasteiger partial charge in [0, 0.05) is 12.1 Å². The number of hydrogen-bond donors (Lipinski definition) is 1. The van der Waals surface area contributed by atoms with Crippen LogP contribution in [0.25, 0.3) is 0 Å². The van der Waals surface area contributed by atoms with Gasteiger partial charge in [0.2, 0.25) is 10.0 Å². The molecule has 1 amide bonds. The number of halogens is 1. The molecule has 0 heterocycles. The molecule has 5 nitrogen and oxygen atoms in total. The van der Waals surface area contributed by atoms with Crippen LogP contribution in [0.4, 0.5) is 10.1 Å². The monoisotopic (exact) mass is 440 g/mol. The van der Waals surface area contributed by atoms with Crippen LogP contribution in [0.15, 0.2) is 78.9 Å². The van der Waals surface area contributed by atoms with E-state index in [1.54, 1.807) is 24.3 Å². The van der Waals surface area contributed by atoms with Crippen LogP contribution < -0.4 is 9.62 Å². The second-order valence-electron chi connectivity index (χ2n) is 7.46. The second kappa shape index (κ2) is 9.75. The number of hydrogen-bond acceptors (Lipinski definition) is 3. The number of benzene rings is 3. The van der Waals surface area contributed by atoms with Gasteiger partial charge in [-0.25, -0.2) is 12.8 Å². The molecule has 1 N–H and O–H groups in total. The topological polar surface area (TPSA) is 66.5 Å². The van der Waals surface area contributed by atoms with Crippen LogP contribution in [-0.4, -0.2) is 27.1 Å². The van der Waals surface area contributed by atoms with Crippen LogP contribution in [0.3, 0.4) is 0 Å². The summed E-state index contributed by atoms with van der Waals surface area (Å²) >= 11 is 0. The summed E-state index contributed by atoms with van der Waals surface area (Å²) in [5, 5.41) is 2.93. The normalized spacial score (nSPS) is 12.2. The van der Waals surface area contributed by atoms with Crippen LogP contribution in [0, 0.1) is 5.82 Å². The van der Waals surface area contributed by atoms with E-state index in [0.717, 1.165) is 11.8 Å². The Bertz CT molecular complexity index is 1120. The Balaban J connectivity index is 1.65. The molecule has 0 aliphatic heterocycles. The van der Waals surface area contributed by atoms with Crippen LogP contribution >= 0.6 is 0 Å². The van der Waals surface area contributed by atoms with Crippen molar-refractivity contribution in [2.75, 3.05) is 17.1 Å². The van der Waals surface area contributed by atoms with Crippen LogP contribution in [0.2, 0.25) is 0 Å². The molecule has 31 heavy (non-hydrogen) atoms. The maximum Gasteiger partial charge on any atom is 0.251 e. The van der Waals surface area contributed by atoms with Gasteiger partial charge in [-0.3, -0.25) is 9.10 Å². The molecule has 0 spiro atoms. The van der Waals surface area contributed by atoms with Gasteiger partial charge in [0.15, 0.2) is 0 Å². The predicted octanol–water partition coefficient (Wildman–Crippen LogP) is 4.33. The number of nitrogens with one attached hydrogen (secondary N) is 1. The number of carbonyl (C=O) groups excluding carboxylic acids is 1. The Morgan fingerprint density at radius 2 is 1.58 bits per heavy atom. The summed E-state index contributed by atoms with van der Waals surface area (Å²) in [6.07, 6.45) is 1.10. The highest BCUT2D eigenvalue weighted by Crippen LogP contribution is 2.21. The van der Waals surface area contributed by atoms with E-state index in [2.05, 4.69) is 5.32 Å². The third-order valence-electron chi connectivity index (χ3n) is 4.99. The van der Waals surface area contributed by atoms with Gasteiger partial charge < -0.3 is 5.32 Å². The lowest BCUT2D eigenvalue weighted by Crippen LogP contribution is -2.29. The molecule has 3 aromatic rings. The van der Waals surface area contributed by atoms with Crippen molar-refractivity contribution in [1.29, 1.82) is 0 Å². The van der Waals surface area contributed by atoms with Crippen molar-refractivity contribution < 1.29 is 17.6 Å². The zero-order chi connectivity index (χ0) is 22.4. The molecule has 162 valence electrons. The van der Waals surface area contributed by atoms with E-state index >= 15 is 0 Å². The fourth-order valence-electron chi connectivity index (χ4n) is 3.18. The van der Waals surface area contributed by atoms with E-state index in [-0.39, 0.29) is 18.4 Å². The summed E-state index contributed by atoms with van der Waals surface area (Å²) in [5.74, 6) is -0.439. The molecule has 0 fully saturated rings. The smallest absolute Gasteiger partial charge is 0.251 e. The summed E-state index contributed by atoms with van der Waals surface area (Å²) < 4.78 is 38.9. The summed E-state index contributed by atoms with van der Waals surface area (Å²) in [4.78, 5) is 12.5. The highest BCUT2D eigenvalue weighted by molar-refractivity contribution is 7.92. The van der Waals surface area contributed by atoms with Crippen molar-refractivity contribution in [2.24, 2.45) is 0 Å². The molecule has 1 atom stereocenters. The van der Waals surface area contributed by atoms with Crippen LogP contribution in [-0.2, 0) is 16.6 Å². The molecule has 0 saturated carbocycles. The largest absolute Gasteiger partial charge is 0.351 e. The molecule has 0 bridgehead atoms. The molecule has 0 aromatic heterocycles. The van der Waals surface area contributed by atoms with Crippen molar-refractivity contribution in [3.8, 4) is 0 Å². The van der Waals surface area contributed by atoms with Gasteiger partial charge in [-0.2, -0.15) is 0 Å². The predicted molar refractivity (Wildman–Crippen MR) is 121 cm³/mol. The number of anilines is 1. The molecule has 0 aliphatic rings. The van der Waals surface area contributed by atoms with Gasteiger partial charge in [0.1, 0.15) is 5.82 Å². The first kappa shape index (κ1) is 22.5. The quantitative estimate of drug-likeness (QED) is 0.567. The van der Waals surface area contributed by atoms with Crippen molar-refractivity contribution in [1.82, 2.24) is 5.32 Å². The first-order valence-corrected chi connectivity index (χ1v) is 11.7. The summed E-state index contributed by atoms with van der Waals surface area (Å²) in [5.41, 5.74) is 2.74. The highest BCUT2D eigenvalue weighted by Gasteiger charge is 2.18. The number of nitrogens with zero attached hydrogens (tertiary/aromatic N) is 1. The van der Waals surface area contributed by atoms with Gasteiger partial charge >= 0.3 is 0 Å². The lowest BCUT2D eigenvalue weighted by Gasteiger charge is -2.22. The van der Waals surface area contributed by atoms with Gasteiger partial charge in [-0.15, -0.1) is 0 Å². The minimum absolute atomic E-state index is 0.0808. The van der Waals surface area contributed by atoms with E-state index in [1.165, 1.54) is 28.6 Å². The fourth-order valence-corrected chi connectivity index (χ4v) is 4.07. The molecular weight excluding hydrogens is 415 g/mol. The van der Waals surface area contributed by atoms with Gasteiger partial charge in [0.25, 0.3) is 5.91 Å². The molecule has 0 aliphatic carbocycles. The van der Waals surface area contributed by atoms with Gasteiger partial charge in [-0.05, 0) is 53.4 Å². The fraction of sp³-hybridized carbons (Fsp3) is 0.208. The van der Waals surface area contributed by atoms with Gasteiger partial charge in [-0.1, -0.05) is 49.4 Å². The second-order valence-corrected chi connectivity index (χ2v) is 9.37. The maximum atomic E-state index is 13.2. The average Bonchev–Trinajstić information content (AvgIpc) is 2.76. The number of sulfonamides is 1. The molecule has 0 unspecified atom stereocenters. The first-order valence-electron chi connectivity index (χ1n) is 9.89. The molecule has 3 aromatic carbocycles. The van der Waals surface area contributed by atoms with E-state index in [9.17, 15) is 17.6 Å². The van der Waals surface area contributed by atoms with Crippen molar-refractivity contribution in [2.45, 2.75) is 19.4 Å². The molecule has 0 radical (unpaired) electrons. The van der Waals surface area contributed by atoms with Crippen LogP contribution in [0.5, 0.6) is 0 Å². The Kier molecular flexibility index (Phi) is 7.07. The van der Waals surface area contributed by atoms with Crippen LogP contribution in [0.1, 0.15) is 34.3 Å². The minimum Gasteiger partial charge on any atom is -0.351 e. The summed E-state index contributed by atoms with van der Waals surface area (Å²) in [7, 11) is -3.57. The van der Waals surface area contributed by atoms with E-state index < -0.39 is 15.8 Å². The standard InChI is InChI=1S/C24H25FN2O3S/c1-18(20-6-4-3-5-7-20)16-26-24(28)21-10-8-19(9-11-21)17-27(31(2,29)30)23-14-12-22(25)13-15-23/h3-15,18H,16-17H2,1-2H3,(H,26,28)/t18-/m1/s1. The number of carbonyl (C=O) groups is 1. The Morgan fingerprint density at radius 3 is 2.16 bits per heavy atom. The summed E-state index contributed by atoms with van der Waals surface area (Å²) in [6, 6.07) is 22.0. The van der Waals surface area contributed by atoms with Crippen molar-refractivity contribution in [3.63, 3.8) is 0 Å². The van der Waals surface area contributed by atoms with E-state index in [1.807, 2.05) is 37.3 Å². The zero-order valence-electron chi connectivity index (χ0n) is 17.5. The van der Waals surface area contributed by atoms with Crippen molar-refractivity contribution in [3.05, 3.63) is 101 Å². The highest BCUT2D eigenvalue weighted by atomic mass is 32.2. The van der Waals surface area contributed by atoms with Crippen molar-refractivity contribution >= 4 is 21.6 Å². The average molecular weight is 441 g/mol. The minimum atomic E-state index is -3.57. The molecule has 7 heteroatoms. The maximum absolute atomic E-state index is 13.2. The SMILES string of the molecule is C[C@H](CNC(=O)c1ccc(CN(c2ccc(F)cc2)S(C)(=O)=O)cc1)c1ccccc1. The van der Waals surface area contributed by atoms with Gasteiger partial charge in [0.05, 0.1) is 18.5 Å². The first-order chi connectivity index (χ1) is 14.7. The lowest BCUT2D eigenvalue weighted by atomic mass is 10.0. The number of rotatable bonds is 8. The zero-order valence-corrected chi connectivity index (χ0v) is 18.3. The Labute approximate surface area is 182 Å².